The summed E-state index contributed by atoms with van der Waals surface area (Å²) in [6.07, 6.45) is 0. The molecule has 1 aromatic heterocycles. The highest BCUT2D eigenvalue weighted by Crippen LogP contribution is 2.37. The summed E-state index contributed by atoms with van der Waals surface area (Å²) < 4.78 is 12.1. The van der Waals surface area contributed by atoms with Gasteiger partial charge in [0, 0.05) is 18.7 Å². The van der Waals surface area contributed by atoms with E-state index in [2.05, 4.69) is 20.9 Å². The van der Waals surface area contributed by atoms with Gasteiger partial charge in [0.15, 0.2) is 16.6 Å². The molecule has 3 aromatic rings. The molecule has 31 heavy (non-hydrogen) atoms. The van der Waals surface area contributed by atoms with Crippen molar-refractivity contribution in [3.63, 3.8) is 0 Å². The van der Waals surface area contributed by atoms with Crippen LogP contribution in [0.15, 0.2) is 42.5 Å². The average Bonchev–Trinajstić information content (AvgIpc) is 3.15. The molecule has 0 saturated carbocycles. The van der Waals surface area contributed by atoms with Crippen molar-refractivity contribution >= 4 is 38.6 Å². The zero-order valence-electron chi connectivity index (χ0n) is 17.3. The number of aromatic nitrogens is 1. The van der Waals surface area contributed by atoms with Crippen molar-refractivity contribution in [1.29, 1.82) is 0 Å². The maximum atomic E-state index is 12.9. The van der Waals surface area contributed by atoms with Crippen LogP contribution in [-0.2, 0) is 11.3 Å². The molecule has 162 valence electrons. The van der Waals surface area contributed by atoms with Crippen LogP contribution >= 0.6 is 11.3 Å². The number of nitrogens with one attached hydrogen (secondary N) is 3. The van der Waals surface area contributed by atoms with Crippen LogP contribution in [0.3, 0.4) is 0 Å². The van der Waals surface area contributed by atoms with Crippen molar-refractivity contribution in [2.75, 3.05) is 18.5 Å². The monoisotopic (exact) mass is 440 g/mol. The molecule has 2 heterocycles. The Morgan fingerprint density at radius 2 is 1.81 bits per heavy atom. The number of thiazole rings is 1. The fourth-order valence-electron chi connectivity index (χ4n) is 3.21. The van der Waals surface area contributed by atoms with Crippen LogP contribution in [0.5, 0.6) is 11.5 Å². The number of hydrogen-bond acceptors (Lipinski definition) is 6. The van der Waals surface area contributed by atoms with Crippen molar-refractivity contribution in [3.8, 4) is 11.5 Å². The fourth-order valence-corrected chi connectivity index (χ4v) is 4.09. The number of amides is 3. The molecule has 3 amide bonds. The summed E-state index contributed by atoms with van der Waals surface area (Å²) in [5.74, 6) is 0.906. The van der Waals surface area contributed by atoms with Gasteiger partial charge in [0.2, 0.25) is 5.91 Å². The standard InChI is InChI=1S/C22H24N4O4S/c1-13(2)19(25-21(28)23-12-14-6-4-3-5-7-14)20(27)26-22-24-15-10-16-17(11-18(15)31-22)30-9-8-29-16/h3-7,10-11,13,19H,8-9,12H2,1-2H3,(H2,23,25,28)(H,24,26,27). The van der Waals surface area contributed by atoms with Gasteiger partial charge < -0.3 is 25.4 Å². The predicted molar refractivity (Wildman–Crippen MR) is 120 cm³/mol. The highest BCUT2D eigenvalue weighted by Gasteiger charge is 2.25. The second-order valence-corrected chi connectivity index (χ2v) is 8.54. The third-order valence-electron chi connectivity index (χ3n) is 4.81. The van der Waals surface area contributed by atoms with Gasteiger partial charge in [-0.2, -0.15) is 0 Å². The van der Waals surface area contributed by atoms with Crippen LogP contribution in [0.1, 0.15) is 19.4 Å². The lowest BCUT2D eigenvalue weighted by Gasteiger charge is -2.21. The van der Waals surface area contributed by atoms with E-state index >= 15 is 0 Å². The molecule has 0 saturated heterocycles. The van der Waals surface area contributed by atoms with Gasteiger partial charge in [0.1, 0.15) is 19.3 Å². The summed E-state index contributed by atoms with van der Waals surface area (Å²) in [5.41, 5.74) is 1.70. The Labute approximate surface area is 184 Å². The topological polar surface area (TPSA) is 102 Å². The van der Waals surface area contributed by atoms with Gasteiger partial charge in [-0.05, 0) is 11.5 Å². The number of hydrogen-bond donors (Lipinski definition) is 3. The molecule has 1 atom stereocenters. The molecule has 2 aromatic carbocycles. The van der Waals surface area contributed by atoms with Gasteiger partial charge in [0.25, 0.3) is 0 Å². The van der Waals surface area contributed by atoms with Gasteiger partial charge in [-0.25, -0.2) is 9.78 Å². The van der Waals surface area contributed by atoms with E-state index in [-0.39, 0.29) is 11.8 Å². The first-order valence-corrected chi connectivity index (χ1v) is 10.9. The maximum absolute atomic E-state index is 12.9. The van der Waals surface area contributed by atoms with Crippen LogP contribution < -0.4 is 25.4 Å². The Hall–Kier alpha value is -3.33. The van der Waals surface area contributed by atoms with Gasteiger partial charge >= 0.3 is 6.03 Å². The Morgan fingerprint density at radius 1 is 1.10 bits per heavy atom. The van der Waals surface area contributed by atoms with Crippen LogP contribution in [-0.4, -0.2) is 36.2 Å². The molecule has 8 nitrogen and oxygen atoms in total. The predicted octanol–water partition coefficient (Wildman–Crippen LogP) is 3.53. The molecule has 3 N–H and O–H groups in total. The number of benzene rings is 2. The largest absolute Gasteiger partial charge is 0.486 e. The van der Waals surface area contributed by atoms with Crippen molar-refractivity contribution in [2.24, 2.45) is 5.92 Å². The number of ether oxygens (including phenoxy) is 2. The lowest BCUT2D eigenvalue weighted by atomic mass is 10.0. The molecule has 0 aliphatic carbocycles. The number of carbonyl (C=O) groups excluding carboxylic acids is 2. The van der Waals surface area contributed by atoms with E-state index in [9.17, 15) is 9.59 Å². The molecule has 0 spiro atoms. The lowest BCUT2D eigenvalue weighted by molar-refractivity contribution is -0.118. The zero-order chi connectivity index (χ0) is 21.8. The fraction of sp³-hybridized carbons (Fsp3) is 0.318. The minimum absolute atomic E-state index is 0.106. The Kier molecular flexibility index (Phi) is 6.22. The van der Waals surface area contributed by atoms with Crippen molar-refractivity contribution in [3.05, 3.63) is 48.0 Å². The lowest BCUT2D eigenvalue weighted by Crippen LogP contribution is -2.50. The zero-order valence-corrected chi connectivity index (χ0v) is 18.1. The average molecular weight is 441 g/mol. The van der Waals surface area contributed by atoms with E-state index in [0.717, 1.165) is 15.8 Å². The molecule has 1 aliphatic rings. The molecular formula is C22H24N4O4S. The van der Waals surface area contributed by atoms with Crippen molar-refractivity contribution < 1.29 is 19.1 Å². The molecule has 4 rings (SSSR count). The Balaban J connectivity index is 1.40. The van der Waals surface area contributed by atoms with E-state index in [1.54, 1.807) is 0 Å². The van der Waals surface area contributed by atoms with E-state index < -0.39 is 12.1 Å². The summed E-state index contributed by atoms with van der Waals surface area (Å²) in [5, 5.41) is 8.83. The van der Waals surface area contributed by atoms with E-state index in [1.807, 2.05) is 56.3 Å². The SMILES string of the molecule is CC(C)C(NC(=O)NCc1ccccc1)C(=O)Nc1nc2cc3c(cc2s1)OCCO3. The summed E-state index contributed by atoms with van der Waals surface area (Å²) in [7, 11) is 0. The smallest absolute Gasteiger partial charge is 0.315 e. The van der Waals surface area contributed by atoms with Gasteiger partial charge in [0.05, 0.1) is 10.2 Å². The summed E-state index contributed by atoms with van der Waals surface area (Å²) in [6.45, 7) is 5.15. The van der Waals surface area contributed by atoms with E-state index in [0.29, 0.717) is 36.4 Å². The first-order valence-electron chi connectivity index (χ1n) is 10.1. The number of nitrogens with zero attached hydrogens (tertiary/aromatic N) is 1. The summed E-state index contributed by atoms with van der Waals surface area (Å²) >= 11 is 1.35. The molecule has 9 heteroatoms. The molecule has 0 bridgehead atoms. The minimum atomic E-state index is -0.706. The third kappa shape index (κ3) is 5.05. The highest BCUT2D eigenvalue weighted by molar-refractivity contribution is 7.22. The quantitative estimate of drug-likeness (QED) is 0.544. The number of fused-ring (bicyclic) bond motifs is 2. The molecule has 0 fully saturated rings. The Morgan fingerprint density at radius 3 is 2.52 bits per heavy atom. The second kappa shape index (κ2) is 9.22. The number of urea groups is 1. The number of anilines is 1. The first kappa shape index (κ1) is 20.9. The van der Waals surface area contributed by atoms with E-state index in [4.69, 9.17) is 9.47 Å². The minimum Gasteiger partial charge on any atom is -0.486 e. The van der Waals surface area contributed by atoms with Crippen molar-refractivity contribution in [1.82, 2.24) is 15.6 Å². The molecule has 0 radical (unpaired) electrons. The number of carbonyl (C=O) groups is 2. The summed E-state index contributed by atoms with van der Waals surface area (Å²) in [4.78, 5) is 29.7. The molecule has 1 unspecified atom stereocenters. The van der Waals surface area contributed by atoms with Crippen LogP contribution in [0.2, 0.25) is 0 Å². The molecule has 1 aliphatic heterocycles. The van der Waals surface area contributed by atoms with Gasteiger partial charge in [-0.3, -0.25) is 4.79 Å². The van der Waals surface area contributed by atoms with Gasteiger partial charge in [-0.1, -0.05) is 55.5 Å². The Bertz CT molecular complexity index is 1040. The van der Waals surface area contributed by atoms with Crippen LogP contribution in [0.4, 0.5) is 9.93 Å². The summed E-state index contributed by atoms with van der Waals surface area (Å²) in [6, 6.07) is 12.2. The van der Waals surface area contributed by atoms with Crippen LogP contribution in [0, 0.1) is 5.92 Å². The van der Waals surface area contributed by atoms with Gasteiger partial charge in [-0.15, -0.1) is 0 Å². The molecular weight excluding hydrogens is 416 g/mol. The normalized spacial score (nSPS) is 13.6. The van der Waals surface area contributed by atoms with Crippen LogP contribution in [0.25, 0.3) is 10.2 Å². The number of rotatable bonds is 6. The van der Waals surface area contributed by atoms with E-state index in [1.165, 1.54) is 11.3 Å². The first-order chi connectivity index (χ1) is 15.0. The third-order valence-corrected chi connectivity index (χ3v) is 5.75. The highest BCUT2D eigenvalue weighted by atomic mass is 32.1. The second-order valence-electron chi connectivity index (χ2n) is 7.51. The van der Waals surface area contributed by atoms with Crippen molar-refractivity contribution in [2.45, 2.75) is 26.4 Å². The maximum Gasteiger partial charge on any atom is 0.315 e.